The van der Waals surface area contributed by atoms with Crippen LogP contribution in [0.4, 0.5) is 11.4 Å². The highest BCUT2D eigenvalue weighted by Gasteiger charge is 2.31. The van der Waals surface area contributed by atoms with Gasteiger partial charge in [0.1, 0.15) is 11.5 Å². The highest BCUT2D eigenvalue weighted by atomic mass is 16.5. The first kappa shape index (κ1) is 17.8. The van der Waals surface area contributed by atoms with Gasteiger partial charge in [-0.1, -0.05) is 25.1 Å². The van der Waals surface area contributed by atoms with Crippen LogP contribution < -0.4 is 19.7 Å². The van der Waals surface area contributed by atoms with Crippen LogP contribution in [0, 0.1) is 0 Å². The number of benzene rings is 2. The quantitative estimate of drug-likeness (QED) is 0.865. The fourth-order valence-electron chi connectivity index (χ4n) is 2.80. The third-order valence-corrected chi connectivity index (χ3v) is 4.01. The molecule has 3 rings (SSSR count). The van der Waals surface area contributed by atoms with Gasteiger partial charge in [-0.3, -0.25) is 9.59 Å². The van der Waals surface area contributed by atoms with Crippen molar-refractivity contribution in [2.24, 2.45) is 0 Å². The minimum Gasteiger partial charge on any atom is -0.484 e. The first-order valence-corrected chi connectivity index (χ1v) is 8.68. The molecular weight excluding hydrogens is 332 g/mol. The number of para-hydroxylation sites is 1. The summed E-state index contributed by atoms with van der Waals surface area (Å²) < 4.78 is 11.1. The molecule has 0 fully saturated rings. The molecule has 1 unspecified atom stereocenters. The predicted molar refractivity (Wildman–Crippen MR) is 99.7 cm³/mol. The topological polar surface area (TPSA) is 67.9 Å². The lowest BCUT2D eigenvalue weighted by molar-refractivity contribution is -0.125. The molecule has 6 nitrogen and oxygen atoms in total. The molecule has 2 aromatic carbocycles. The summed E-state index contributed by atoms with van der Waals surface area (Å²) in [6, 6.07) is 14.4. The van der Waals surface area contributed by atoms with Crippen molar-refractivity contribution < 1.29 is 19.1 Å². The second-order valence-corrected chi connectivity index (χ2v) is 6.08. The van der Waals surface area contributed by atoms with Crippen LogP contribution in [0.2, 0.25) is 0 Å². The van der Waals surface area contributed by atoms with Crippen LogP contribution in [0.5, 0.6) is 11.5 Å². The summed E-state index contributed by atoms with van der Waals surface area (Å²) >= 11 is 0. The molecule has 1 N–H and O–H groups in total. The third-order valence-electron chi connectivity index (χ3n) is 4.01. The van der Waals surface area contributed by atoms with E-state index in [2.05, 4.69) is 5.32 Å². The second-order valence-electron chi connectivity index (χ2n) is 6.08. The number of ether oxygens (including phenoxy) is 2. The summed E-state index contributed by atoms with van der Waals surface area (Å²) in [5.74, 6) is 0.932. The molecule has 0 aliphatic carbocycles. The van der Waals surface area contributed by atoms with Crippen molar-refractivity contribution in [1.82, 2.24) is 0 Å². The Hall–Kier alpha value is -3.02. The van der Waals surface area contributed by atoms with Crippen molar-refractivity contribution in [2.75, 3.05) is 23.4 Å². The Labute approximate surface area is 152 Å². The van der Waals surface area contributed by atoms with Crippen LogP contribution in [0.1, 0.15) is 20.3 Å². The molecule has 1 aliphatic heterocycles. The molecular formula is C20H22N2O4. The SMILES string of the molecule is CCCN1C(=O)C(C)Oc2ccc(NC(=O)COc3ccccc3)cc21. The molecule has 0 aromatic heterocycles. The molecule has 0 saturated carbocycles. The van der Waals surface area contributed by atoms with Gasteiger partial charge < -0.3 is 19.7 Å². The molecule has 2 aromatic rings. The number of hydrogen-bond acceptors (Lipinski definition) is 4. The molecule has 26 heavy (non-hydrogen) atoms. The summed E-state index contributed by atoms with van der Waals surface area (Å²) in [4.78, 5) is 26.2. The monoisotopic (exact) mass is 354 g/mol. The fraction of sp³-hybridized carbons (Fsp3) is 0.300. The van der Waals surface area contributed by atoms with Gasteiger partial charge in [0, 0.05) is 12.2 Å². The largest absolute Gasteiger partial charge is 0.484 e. The number of nitrogens with one attached hydrogen (secondary N) is 1. The molecule has 1 heterocycles. The van der Waals surface area contributed by atoms with E-state index in [4.69, 9.17) is 9.47 Å². The highest BCUT2D eigenvalue weighted by molar-refractivity contribution is 6.01. The zero-order valence-corrected chi connectivity index (χ0v) is 14.9. The van der Waals surface area contributed by atoms with E-state index in [1.165, 1.54) is 0 Å². The number of anilines is 2. The van der Waals surface area contributed by atoms with E-state index in [1.54, 1.807) is 42.2 Å². The van der Waals surface area contributed by atoms with Gasteiger partial charge in [0.15, 0.2) is 12.7 Å². The second kappa shape index (κ2) is 7.91. The zero-order valence-electron chi connectivity index (χ0n) is 14.9. The Kier molecular flexibility index (Phi) is 5.41. The lowest BCUT2D eigenvalue weighted by Crippen LogP contribution is -2.44. The molecule has 2 amide bonds. The summed E-state index contributed by atoms with van der Waals surface area (Å²) in [5.41, 5.74) is 1.27. The smallest absolute Gasteiger partial charge is 0.267 e. The van der Waals surface area contributed by atoms with Crippen LogP contribution in [0.3, 0.4) is 0 Å². The minimum absolute atomic E-state index is 0.0739. The number of fused-ring (bicyclic) bond motifs is 1. The predicted octanol–water partition coefficient (Wildman–Crippen LogP) is 3.23. The maximum absolute atomic E-state index is 12.4. The van der Waals surface area contributed by atoms with Crippen LogP contribution in [-0.4, -0.2) is 31.1 Å². The van der Waals surface area contributed by atoms with Crippen LogP contribution in [0.15, 0.2) is 48.5 Å². The highest BCUT2D eigenvalue weighted by Crippen LogP contribution is 2.36. The molecule has 1 atom stereocenters. The Balaban J connectivity index is 1.69. The zero-order chi connectivity index (χ0) is 18.5. The maximum atomic E-state index is 12.4. The number of amides is 2. The average molecular weight is 354 g/mol. The molecule has 136 valence electrons. The van der Waals surface area contributed by atoms with Crippen molar-refractivity contribution in [1.29, 1.82) is 0 Å². The number of carbonyl (C=O) groups excluding carboxylic acids is 2. The fourth-order valence-corrected chi connectivity index (χ4v) is 2.80. The van der Waals surface area contributed by atoms with Gasteiger partial charge in [-0.25, -0.2) is 0 Å². The van der Waals surface area contributed by atoms with E-state index in [1.807, 2.05) is 25.1 Å². The Morgan fingerprint density at radius 2 is 2.00 bits per heavy atom. The lowest BCUT2D eigenvalue weighted by atomic mass is 10.1. The lowest BCUT2D eigenvalue weighted by Gasteiger charge is -2.33. The first-order valence-electron chi connectivity index (χ1n) is 8.68. The standard InChI is InChI=1S/C20H22N2O4/c1-3-11-22-17-12-15(9-10-18(17)26-14(2)20(22)24)21-19(23)13-25-16-7-5-4-6-8-16/h4-10,12,14H,3,11,13H2,1-2H3,(H,21,23). The van der Waals surface area contributed by atoms with Crippen molar-refractivity contribution in [3.8, 4) is 11.5 Å². The van der Waals surface area contributed by atoms with Gasteiger partial charge in [-0.05, 0) is 43.7 Å². The summed E-state index contributed by atoms with van der Waals surface area (Å²) in [6.45, 7) is 4.27. The Bertz CT molecular complexity index is 792. The number of rotatable bonds is 6. The Morgan fingerprint density at radius 1 is 1.23 bits per heavy atom. The summed E-state index contributed by atoms with van der Waals surface area (Å²) in [7, 11) is 0. The minimum atomic E-state index is -0.506. The van der Waals surface area contributed by atoms with Gasteiger partial charge in [-0.15, -0.1) is 0 Å². The van der Waals surface area contributed by atoms with Crippen molar-refractivity contribution in [3.05, 3.63) is 48.5 Å². The number of hydrogen-bond donors (Lipinski definition) is 1. The van der Waals surface area contributed by atoms with Crippen molar-refractivity contribution in [2.45, 2.75) is 26.4 Å². The van der Waals surface area contributed by atoms with Crippen LogP contribution in [-0.2, 0) is 9.59 Å². The molecule has 6 heteroatoms. The van der Waals surface area contributed by atoms with Gasteiger partial charge in [0.25, 0.3) is 11.8 Å². The van der Waals surface area contributed by atoms with E-state index in [0.717, 1.165) is 6.42 Å². The van der Waals surface area contributed by atoms with E-state index in [0.29, 0.717) is 29.4 Å². The number of carbonyl (C=O) groups is 2. The average Bonchev–Trinajstić information content (AvgIpc) is 2.65. The summed E-state index contributed by atoms with van der Waals surface area (Å²) in [6.07, 6.45) is 0.327. The van der Waals surface area contributed by atoms with Gasteiger partial charge in [0.05, 0.1) is 5.69 Å². The van der Waals surface area contributed by atoms with E-state index in [-0.39, 0.29) is 18.4 Å². The van der Waals surface area contributed by atoms with Crippen LogP contribution in [0.25, 0.3) is 0 Å². The Morgan fingerprint density at radius 3 is 2.73 bits per heavy atom. The van der Waals surface area contributed by atoms with E-state index >= 15 is 0 Å². The normalized spacial score (nSPS) is 15.8. The van der Waals surface area contributed by atoms with Gasteiger partial charge in [-0.2, -0.15) is 0 Å². The number of nitrogens with zero attached hydrogens (tertiary/aromatic N) is 1. The maximum Gasteiger partial charge on any atom is 0.267 e. The summed E-state index contributed by atoms with van der Waals surface area (Å²) in [5, 5.41) is 2.79. The third kappa shape index (κ3) is 3.96. The van der Waals surface area contributed by atoms with Gasteiger partial charge >= 0.3 is 0 Å². The first-order chi connectivity index (χ1) is 12.6. The van der Waals surface area contributed by atoms with Crippen molar-refractivity contribution >= 4 is 23.2 Å². The molecule has 0 saturated heterocycles. The molecule has 1 aliphatic rings. The van der Waals surface area contributed by atoms with Crippen molar-refractivity contribution in [3.63, 3.8) is 0 Å². The van der Waals surface area contributed by atoms with Gasteiger partial charge in [0.2, 0.25) is 0 Å². The van der Waals surface area contributed by atoms with Crippen LogP contribution >= 0.6 is 0 Å². The molecule has 0 bridgehead atoms. The molecule has 0 radical (unpaired) electrons. The van der Waals surface area contributed by atoms with E-state index < -0.39 is 6.10 Å². The van der Waals surface area contributed by atoms with E-state index in [9.17, 15) is 9.59 Å². The molecule has 0 spiro atoms.